The Morgan fingerprint density at radius 3 is 1.96 bits per heavy atom. The van der Waals surface area contributed by atoms with E-state index in [2.05, 4.69) is 6.92 Å². The van der Waals surface area contributed by atoms with Crippen molar-refractivity contribution in [1.29, 1.82) is 0 Å². The van der Waals surface area contributed by atoms with E-state index >= 15 is 0 Å². The predicted octanol–water partition coefficient (Wildman–Crippen LogP) is -1.73. The van der Waals surface area contributed by atoms with Crippen molar-refractivity contribution < 1.29 is 48.3 Å². The summed E-state index contributed by atoms with van der Waals surface area (Å²) < 4.78 is 0.326. The molecule has 0 aliphatic rings. The first kappa shape index (κ1) is 26.7. The van der Waals surface area contributed by atoms with E-state index in [0.717, 1.165) is 19.3 Å². The van der Waals surface area contributed by atoms with Crippen molar-refractivity contribution in [2.24, 2.45) is 11.8 Å². The van der Waals surface area contributed by atoms with Crippen molar-refractivity contribution in [3.05, 3.63) is 0 Å². The minimum atomic E-state index is -1.12. The van der Waals surface area contributed by atoms with Gasteiger partial charge >= 0.3 is 24.8 Å². The second kappa shape index (κ2) is 14.6. The summed E-state index contributed by atoms with van der Waals surface area (Å²) in [6, 6.07) is 0. The molecule has 0 spiro atoms. The van der Waals surface area contributed by atoms with Gasteiger partial charge in [-0.05, 0) is 19.8 Å². The average molecular weight is 352 g/mol. The van der Waals surface area contributed by atoms with Crippen molar-refractivity contribution in [2.45, 2.75) is 59.3 Å². The third kappa shape index (κ3) is 11.6. The summed E-state index contributed by atoms with van der Waals surface area (Å²) in [4.78, 5) is 22.4. The number of aliphatic hydroxyl groups is 1. The largest absolute Gasteiger partial charge is 1.00 e. The molecule has 3 unspecified atom stereocenters. The van der Waals surface area contributed by atoms with Crippen LogP contribution in [0.25, 0.3) is 0 Å². The first-order chi connectivity index (χ1) is 11.3. The van der Waals surface area contributed by atoms with Crippen molar-refractivity contribution in [1.82, 2.24) is 0 Å². The molecule has 0 aromatic rings. The summed E-state index contributed by atoms with van der Waals surface area (Å²) in [5.41, 5.74) is 0. The maximum Gasteiger partial charge on any atom is 1.00 e. The van der Waals surface area contributed by atoms with Crippen LogP contribution in [-0.4, -0.2) is 59.4 Å². The molecule has 0 aromatic heterocycles. The molecule has 3 atom stereocenters. The smallest absolute Gasteiger partial charge is 0.550 e. The van der Waals surface area contributed by atoms with Gasteiger partial charge in [-0.15, -0.1) is 0 Å². The number of carboxylic acid groups (broad SMARTS) is 2. The van der Waals surface area contributed by atoms with Gasteiger partial charge in [0.2, 0.25) is 0 Å². The molecule has 0 saturated carbocycles. The van der Waals surface area contributed by atoms with Crippen molar-refractivity contribution >= 4 is 11.9 Å². The van der Waals surface area contributed by atoms with Gasteiger partial charge in [0, 0.05) is 11.9 Å². The Morgan fingerprint density at radius 2 is 1.48 bits per heavy atom. The van der Waals surface area contributed by atoms with Crippen LogP contribution in [-0.2, 0) is 9.59 Å². The van der Waals surface area contributed by atoms with Gasteiger partial charge < -0.3 is 24.6 Å². The monoisotopic (exact) mass is 352 g/mol. The van der Waals surface area contributed by atoms with Crippen LogP contribution in [0, 0.1) is 11.8 Å². The van der Waals surface area contributed by atoms with Crippen molar-refractivity contribution in [2.75, 3.05) is 32.8 Å². The molecule has 0 bridgehead atoms. The first-order valence-electron chi connectivity index (χ1n) is 9.17. The molecule has 0 fully saturated rings. The molecule has 7 heteroatoms. The number of hydrogen-bond donors (Lipinski definition) is 2. The zero-order valence-corrected chi connectivity index (χ0v) is 16.5. The number of nitrogens with zero attached hydrogens (tertiary/aromatic N) is 1. The number of carbonyl (C=O) groups is 2. The zero-order valence-electron chi connectivity index (χ0n) is 16.5. The van der Waals surface area contributed by atoms with Crippen LogP contribution < -0.4 is 24.0 Å². The fourth-order valence-electron chi connectivity index (χ4n) is 3.31. The fourth-order valence-corrected chi connectivity index (χ4v) is 3.31. The summed E-state index contributed by atoms with van der Waals surface area (Å²) >= 11 is 0. The van der Waals surface area contributed by atoms with Gasteiger partial charge in [0.1, 0.15) is 12.5 Å². The molecule has 0 saturated heterocycles. The van der Waals surface area contributed by atoms with Crippen LogP contribution in [0.2, 0.25) is 0 Å². The van der Waals surface area contributed by atoms with Gasteiger partial charge in [-0.2, -0.15) is 0 Å². The van der Waals surface area contributed by atoms with E-state index in [1.165, 1.54) is 19.3 Å². The molecular formula is C18H35LiNO5+. The first-order valence-corrected chi connectivity index (χ1v) is 9.17. The van der Waals surface area contributed by atoms with Crippen LogP contribution in [0.15, 0.2) is 0 Å². The van der Waals surface area contributed by atoms with E-state index in [1.54, 1.807) is 13.8 Å². The molecule has 2 N–H and O–H groups in total. The molecule has 0 aliphatic carbocycles. The molecule has 0 rings (SSSR count). The van der Waals surface area contributed by atoms with E-state index in [4.69, 9.17) is 0 Å². The van der Waals surface area contributed by atoms with E-state index in [9.17, 15) is 24.9 Å². The average Bonchev–Trinajstić information content (AvgIpc) is 2.50. The maximum absolute atomic E-state index is 11.2. The SMILES string of the molecule is CCCCCCCC[N+](CCO)(CC(C)C(=O)[O-])CC(C)C(=O)O.[Li+]. The van der Waals surface area contributed by atoms with E-state index < -0.39 is 23.8 Å². The molecule has 0 heterocycles. The summed E-state index contributed by atoms with van der Waals surface area (Å²) in [5.74, 6) is -3.26. The summed E-state index contributed by atoms with van der Waals surface area (Å²) in [6.45, 7) is 7.02. The quantitative estimate of drug-likeness (QED) is 0.207. The fraction of sp³-hybridized carbons (Fsp3) is 0.889. The number of rotatable bonds is 15. The van der Waals surface area contributed by atoms with Crippen LogP contribution in [0.1, 0.15) is 59.3 Å². The predicted molar refractivity (Wildman–Crippen MR) is 91.2 cm³/mol. The number of hydrogen-bond acceptors (Lipinski definition) is 4. The van der Waals surface area contributed by atoms with Crippen LogP contribution >= 0.6 is 0 Å². The Hall–Kier alpha value is -0.543. The topological polar surface area (TPSA) is 97.7 Å². The number of carbonyl (C=O) groups excluding carboxylic acids is 1. The molecule has 6 nitrogen and oxygen atoms in total. The number of aliphatic carboxylic acids is 2. The Labute approximate surface area is 164 Å². The third-order valence-corrected chi connectivity index (χ3v) is 4.71. The minimum Gasteiger partial charge on any atom is -0.550 e. The van der Waals surface area contributed by atoms with E-state index in [-0.39, 0.29) is 25.5 Å². The molecular weight excluding hydrogens is 317 g/mol. The van der Waals surface area contributed by atoms with Gasteiger partial charge in [0.05, 0.1) is 26.2 Å². The van der Waals surface area contributed by atoms with Crippen molar-refractivity contribution in [3.8, 4) is 0 Å². The number of unbranched alkanes of at least 4 members (excludes halogenated alkanes) is 5. The summed E-state index contributed by atoms with van der Waals surface area (Å²) in [5, 5.41) is 29.8. The van der Waals surface area contributed by atoms with Crippen LogP contribution in [0.5, 0.6) is 0 Å². The van der Waals surface area contributed by atoms with Crippen LogP contribution in [0.3, 0.4) is 0 Å². The Morgan fingerprint density at radius 1 is 0.960 bits per heavy atom. The normalized spacial score (nSPS) is 15.7. The van der Waals surface area contributed by atoms with Gasteiger partial charge in [0.15, 0.2) is 0 Å². The number of quaternary nitrogens is 1. The Bertz CT molecular complexity index is 356. The minimum absolute atomic E-state index is 0. The van der Waals surface area contributed by atoms with E-state index in [1.807, 2.05) is 0 Å². The standard InChI is InChI=1S/C18H35NO5.Li/c1-4-5-6-7-8-9-10-19(11-12-20,13-15(2)17(21)22)14-16(3)18(23)24;/h15-16,20H,4-14H2,1-3H3,(H-,21,22,23,24);/q;+1. The number of carboxylic acids is 2. The van der Waals surface area contributed by atoms with Crippen molar-refractivity contribution in [3.63, 3.8) is 0 Å². The molecule has 142 valence electrons. The van der Waals surface area contributed by atoms with Gasteiger partial charge in [-0.25, -0.2) is 0 Å². The molecule has 0 amide bonds. The molecule has 25 heavy (non-hydrogen) atoms. The third-order valence-electron chi connectivity index (χ3n) is 4.71. The Balaban J connectivity index is 0. The maximum atomic E-state index is 11.2. The number of aliphatic hydroxyl groups excluding tert-OH is 1. The summed E-state index contributed by atoms with van der Waals surface area (Å²) in [6.07, 6.45) is 6.69. The molecule has 0 aliphatic heterocycles. The van der Waals surface area contributed by atoms with Crippen LogP contribution in [0.4, 0.5) is 0 Å². The second-order valence-electron chi connectivity index (χ2n) is 7.10. The Kier molecular flexibility index (Phi) is 15.6. The molecule has 0 radical (unpaired) electrons. The van der Waals surface area contributed by atoms with E-state index in [0.29, 0.717) is 30.7 Å². The van der Waals surface area contributed by atoms with Gasteiger partial charge in [-0.1, -0.05) is 39.5 Å². The zero-order chi connectivity index (χ0) is 18.6. The second-order valence-corrected chi connectivity index (χ2v) is 7.10. The molecule has 0 aromatic carbocycles. The van der Waals surface area contributed by atoms with Gasteiger partial charge in [0.25, 0.3) is 0 Å². The van der Waals surface area contributed by atoms with Gasteiger partial charge in [-0.3, -0.25) is 4.79 Å². The summed E-state index contributed by atoms with van der Waals surface area (Å²) in [7, 11) is 0.